The van der Waals surface area contributed by atoms with Gasteiger partial charge in [0.05, 0.1) is 59.0 Å². The average Bonchev–Trinajstić information content (AvgIpc) is 3.47. The average molecular weight is 858 g/mol. The van der Waals surface area contributed by atoms with Crippen LogP contribution in [0.2, 0.25) is 0 Å². The maximum atomic E-state index is 14.2. The monoisotopic (exact) mass is 858 g/mol. The molecule has 0 aliphatic carbocycles. The van der Waals surface area contributed by atoms with Crippen LogP contribution in [0.15, 0.2) is 24.3 Å². The van der Waals surface area contributed by atoms with Crippen molar-refractivity contribution in [2.75, 3.05) is 14.2 Å². The lowest BCUT2D eigenvalue weighted by Gasteiger charge is -2.32. The molecule has 53 heavy (non-hydrogen) atoms. The Hall–Kier alpha value is -2.08. The highest BCUT2D eigenvalue weighted by Crippen LogP contribution is 2.43. The molecule has 16 heteroatoms. The van der Waals surface area contributed by atoms with E-state index in [9.17, 15) is 18.4 Å². The van der Waals surface area contributed by atoms with Crippen LogP contribution in [0.3, 0.4) is 0 Å². The van der Waals surface area contributed by atoms with Gasteiger partial charge in [-0.3, -0.25) is 0 Å². The maximum absolute atomic E-state index is 14.2. The number of hydrogen-bond donors (Lipinski definition) is 0. The van der Waals surface area contributed by atoms with Crippen molar-refractivity contribution in [2.24, 2.45) is 0 Å². The molecule has 0 amide bonds. The van der Waals surface area contributed by atoms with Crippen LogP contribution in [0.5, 0.6) is 0 Å². The highest BCUT2D eigenvalue weighted by molar-refractivity contribution is 14.1. The molecule has 0 radical (unpaired) electrons. The third-order valence-corrected chi connectivity index (χ3v) is 11.5. The number of methoxy groups -OCH3 is 2. The molecule has 3 aliphatic rings. The molecule has 0 bridgehead atoms. The zero-order valence-corrected chi connectivity index (χ0v) is 35.4. The van der Waals surface area contributed by atoms with Gasteiger partial charge >= 0.3 is 33.1 Å². The molecule has 3 heterocycles. The minimum atomic E-state index is -0.848. The van der Waals surface area contributed by atoms with Crippen LogP contribution < -0.4 is 5.46 Å². The summed E-state index contributed by atoms with van der Waals surface area (Å²) >= 11 is 1.83. The number of ether oxygens (including phenoxy) is 2. The van der Waals surface area contributed by atoms with Crippen molar-refractivity contribution in [3.63, 3.8) is 0 Å². The molecule has 2 aromatic carbocycles. The molecule has 0 aromatic heterocycles. The lowest BCUT2D eigenvalue weighted by Crippen LogP contribution is -2.41. The molecule has 5 rings (SSSR count). The van der Waals surface area contributed by atoms with Crippen LogP contribution in [0, 0.1) is 29.1 Å². The van der Waals surface area contributed by atoms with E-state index in [4.69, 9.17) is 32.7 Å². The topological polar surface area (TPSA) is 108 Å². The smallest absolute Gasteiger partial charge is 0.465 e. The summed E-state index contributed by atoms with van der Waals surface area (Å²) in [6.07, 6.45) is 0. The van der Waals surface area contributed by atoms with Crippen LogP contribution in [-0.2, 0) is 37.4 Å². The van der Waals surface area contributed by atoms with E-state index in [1.807, 2.05) is 106 Å². The number of benzene rings is 2. The second-order valence-corrected chi connectivity index (χ2v) is 17.3. The minimum Gasteiger partial charge on any atom is -0.465 e. The number of aryl methyl sites for hydroxylation is 2. The highest BCUT2D eigenvalue weighted by atomic mass is 127. The van der Waals surface area contributed by atoms with Crippen LogP contribution in [-0.4, -0.2) is 80.9 Å². The van der Waals surface area contributed by atoms with Gasteiger partial charge in [0.1, 0.15) is 11.6 Å². The maximum Gasteiger partial charge on any atom is 0.497 e. The van der Waals surface area contributed by atoms with Crippen molar-refractivity contribution in [1.82, 2.24) is 0 Å². The van der Waals surface area contributed by atoms with Crippen LogP contribution in [0.25, 0.3) is 0 Å². The van der Waals surface area contributed by atoms with Gasteiger partial charge in [0.15, 0.2) is 0 Å². The largest absolute Gasteiger partial charge is 0.497 e. The SMILES string of the molecule is C.CC1(C)OB(B2OC(C)(C)C(C)(C)O2)OC1(C)C.COC(=O)c1cc(B2OC(C)(C)C(C)(C)O2)c(F)cc1C.COC(=O)c1cc(I)c(F)cc1C. The van der Waals surface area contributed by atoms with Gasteiger partial charge in [-0.2, -0.15) is 0 Å². The summed E-state index contributed by atoms with van der Waals surface area (Å²) in [5.41, 5.74) is -0.549. The van der Waals surface area contributed by atoms with Crippen molar-refractivity contribution >= 4 is 61.1 Å². The van der Waals surface area contributed by atoms with Gasteiger partial charge < -0.3 is 37.4 Å². The lowest BCUT2D eigenvalue weighted by atomic mass is 9.49. The normalized spacial score (nSPS) is 21.1. The molecule has 294 valence electrons. The molecular formula is C37H56B3F2IO10. The fourth-order valence-electron chi connectivity index (χ4n) is 5.15. The van der Waals surface area contributed by atoms with E-state index in [2.05, 4.69) is 4.74 Å². The Labute approximate surface area is 329 Å². The summed E-state index contributed by atoms with van der Waals surface area (Å²) in [6, 6.07) is 5.55. The Bertz CT molecular complexity index is 1580. The fourth-order valence-corrected chi connectivity index (χ4v) is 5.61. The number of carbonyl (C=O) groups is 2. The van der Waals surface area contributed by atoms with E-state index in [1.165, 1.54) is 38.5 Å². The van der Waals surface area contributed by atoms with E-state index >= 15 is 0 Å². The Morgan fingerprint density at radius 3 is 1.21 bits per heavy atom. The highest BCUT2D eigenvalue weighted by Gasteiger charge is 2.63. The standard InChI is InChI=1S/C15H20BFO4.C12H24B2O4.C9H8FIO2.CH4/c1-9-7-12(17)11(8-10(9)13(18)19-6)16-20-14(2,3)15(4,5)21-16;1-9(2)10(3,4)16-13(15-9)14-17-11(5,6)12(7,8)18-14;1-5-3-7(10)8(11)4-6(5)9(12)13-2;/h7-8H,1-6H3;1-8H3;3-4H,1-2H3;1H4. The Morgan fingerprint density at radius 2 is 0.868 bits per heavy atom. The molecule has 0 N–H and O–H groups in total. The van der Waals surface area contributed by atoms with E-state index in [0.29, 0.717) is 25.8 Å². The van der Waals surface area contributed by atoms with Gasteiger partial charge in [-0.05, 0) is 155 Å². The third-order valence-electron chi connectivity index (χ3n) is 10.7. The van der Waals surface area contributed by atoms with Gasteiger partial charge in [0.2, 0.25) is 0 Å². The first-order valence-electron chi connectivity index (χ1n) is 17.0. The Morgan fingerprint density at radius 1 is 0.566 bits per heavy atom. The molecule has 0 saturated carbocycles. The number of carbonyl (C=O) groups excluding carboxylic acids is 2. The zero-order chi connectivity index (χ0) is 40.0. The van der Waals surface area contributed by atoms with Gasteiger partial charge in [0, 0.05) is 9.03 Å². The summed E-state index contributed by atoms with van der Waals surface area (Å²) < 4.78 is 72.4. The second kappa shape index (κ2) is 16.6. The number of halogens is 3. The van der Waals surface area contributed by atoms with E-state index in [1.54, 1.807) is 13.8 Å². The number of esters is 2. The van der Waals surface area contributed by atoms with Gasteiger partial charge in [-0.1, -0.05) is 7.43 Å². The molecular weight excluding hydrogens is 802 g/mol. The molecule has 3 saturated heterocycles. The van der Waals surface area contributed by atoms with Crippen LogP contribution in [0.4, 0.5) is 8.78 Å². The van der Waals surface area contributed by atoms with Crippen LogP contribution >= 0.6 is 22.6 Å². The third kappa shape index (κ3) is 10.0. The molecule has 3 aliphatic heterocycles. The van der Waals surface area contributed by atoms with E-state index in [0.717, 1.165) is 0 Å². The predicted molar refractivity (Wildman–Crippen MR) is 212 cm³/mol. The van der Waals surface area contributed by atoms with Gasteiger partial charge in [0.25, 0.3) is 0 Å². The van der Waals surface area contributed by atoms with Gasteiger partial charge in [-0.25, -0.2) is 18.4 Å². The van der Waals surface area contributed by atoms with E-state index in [-0.39, 0.29) is 41.1 Å². The fraction of sp³-hybridized carbons (Fsp3) is 0.622. The van der Waals surface area contributed by atoms with Gasteiger partial charge in [-0.15, -0.1) is 0 Å². The molecule has 0 unspecified atom stereocenters. The molecule has 2 aromatic rings. The summed E-state index contributed by atoms with van der Waals surface area (Å²) in [5.74, 6) is -1.72. The minimum absolute atomic E-state index is 0. The first kappa shape index (κ1) is 47.1. The molecule has 0 atom stereocenters. The lowest BCUT2D eigenvalue weighted by molar-refractivity contribution is 0.00578. The molecule has 3 fully saturated rings. The first-order valence-corrected chi connectivity index (χ1v) is 18.1. The summed E-state index contributed by atoms with van der Waals surface area (Å²) in [6.45, 7) is 27.1. The molecule has 0 spiro atoms. The van der Waals surface area contributed by atoms with Crippen molar-refractivity contribution < 1.29 is 55.8 Å². The Kier molecular flexibility index (Phi) is 14.7. The summed E-state index contributed by atoms with van der Waals surface area (Å²) in [4.78, 5) is 22.9. The van der Waals surface area contributed by atoms with Crippen molar-refractivity contribution in [3.05, 3.63) is 61.7 Å². The van der Waals surface area contributed by atoms with Crippen molar-refractivity contribution in [3.8, 4) is 0 Å². The van der Waals surface area contributed by atoms with Crippen LogP contribution in [0.1, 0.15) is 122 Å². The molecule has 10 nitrogen and oxygen atoms in total. The number of rotatable bonds is 4. The Balaban J connectivity index is 0.000000280. The summed E-state index contributed by atoms with van der Waals surface area (Å²) in [7, 11) is 0.795. The second-order valence-electron chi connectivity index (χ2n) is 16.1. The van der Waals surface area contributed by atoms with E-state index < -0.39 is 50.1 Å². The zero-order valence-electron chi connectivity index (χ0n) is 33.3. The number of hydrogen-bond acceptors (Lipinski definition) is 10. The quantitative estimate of drug-likeness (QED) is 0.173. The predicted octanol–water partition coefficient (Wildman–Crippen LogP) is 7.63. The van der Waals surface area contributed by atoms with Crippen molar-refractivity contribution in [2.45, 2.75) is 138 Å². The summed E-state index contributed by atoms with van der Waals surface area (Å²) in [5, 5.41) is 0. The van der Waals surface area contributed by atoms with Crippen molar-refractivity contribution in [1.29, 1.82) is 0 Å². The first-order chi connectivity index (χ1) is 23.5.